The van der Waals surface area contributed by atoms with E-state index in [1.54, 1.807) is 11.0 Å². The van der Waals surface area contributed by atoms with Gasteiger partial charge in [-0.15, -0.1) is 0 Å². The number of nitrogens with zero attached hydrogens (tertiary/aromatic N) is 4. The number of methoxy groups -OCH3 is 1. The van der Waals surface area contributed by atoms with Crippen molar-refractivity contribution in [3.63, 3.8) is 0 Å². The first-order valence-corrected chi connectivity index (χ1v) is 8.27. The molecular formula is C17H21FN4O3. The van der Waals surface area contributed by atoms with Crippen LogP contribution >= 0.6 is 0 Å². The van der Waals surface area contributed by atoms with Crippen molar-refractivity contribution >= 4 is 5.91 Å². The quantitative estimate of drug-likeness (QED) is 0.820. The first-order valence-electron chi connectivity index (χ1n) is 8.27. The number of ether oxygens (including phenoxy) is 1. The predicted octanol–water partition coefficient (Wildman–Crippen LogP) is 1.74. The summed E-state index contributed by atoms with van der Waals surface area (Å²) in [6.45, 7) is 4.97. The van der Waals surface area contributed by atoms with Gasteiger partial charge in [-0.2, -0.15) is 4.98 Å². The zero-order valence-corrected chi connectivity index (χ0v) is 14.4. The molecule has 134 valence electrons. The minimum absolute atomic E-state index is 0.0694. The van der Waals surface area contributed by atoms with E-state index in [4.69, 9.17) is 9.26 Å². The smallest absolute Gasteiger partial charge is 0.256 e. The van der Waals surface area contributed by atoms with Gasteiger partial charge in [0, 0.05) is 38.7 Å². The van der Waals surface area contributed by atoms with Crippen LogP contribution in [0.4, 0.5) is 4.39 Å². The summed E-state index contributed by atoms with van der Waals surface area (Å²) in [7, 11) is 1.46. The number of piperazine rings is 1. The summed E-state index contributed by atoms with van der Waals surface area (Å²) >= 11 is 0. The molecule has 0 spiro atoms. The molecule has 2 heterocycles. The van der Waals surface area contributed by atoms with Crippen molar-refractivity contribution in [3.8, 4) is 5.75 Å². The molecule has 1 amide bonds. The maximum absolute atomic E-state index is 14.1. The maximum Gasteiger partial charge on any atom is 0.256 e. The molecule has 3 rings (SSSR count). The molecule has 0 saturated carbocycles. The Morgan fingerprint density at radius 3 is 2.68 bits per heavy atom. The Balaban J connectivity index is 1.57. The highest BCUT2D eigenvalue weighted by Crippen LogP contribution is 2.18. The van der Waals surface area contributed by atoms with Crippen LogP contribution in [0.15, 0.2) is 22.7 Å². The molecule has 1 aliphatic rings. The Bertz CT molecular complexity index is 741. The van der Waals surface area contributed by atoms with Gasteiger partial charge in [0.15, 0.2) is 5.82 Å². The van der Waals surface area contributed by atoms with E-state index < -0.39 is 5.82 Å². The van der Waals surface area contributed by atoms with Gasteiger partial charge in [0.2, 0.25) is 5.89 Å². The molecule has 1 fully saturated rings. The molecule has 1 aliphatic heterocycles. The molecule has 0 N–H and O–H groups in total. The Morgan fingerprint density at radius 2 is 2.08 bits per heavy atom. The molecule has 0 atom stereocenters. The van der Waals surface area contributed by atoms with Gasteiger partial charge in [0.05, 0.1) is 19.2 Å². The van der Waals surface area contributed by atoms with Gasteiger partial charge in [-0.1, -0.05) is 12.1 Å². The second-order valence-electron chi connectivity index (χ2n) is 5.87. The van der Waals surface area contributed by atoms with E-state index in [2.05, 4.69) is 15.0 Å². The van der Waals surface area contributed by atoms with Crippen molar-refractivity contribution in [1.29, 1.82) is 0 Å². The van der Waals surface area contributed by atoms with E-state index >= 15 is 0 Å². The highest BCUT2D eigenvalue weighted by atomic mass is 19.1. The average molecular weight is 348 g/mol. The highest BCUT2D eigenvalue weighted by Gasteiger charge is 2.25. The first kappa shape index (κ1) is 17.3. The number of halogens is 1. The topological polar surface area (TPSA) is 71.7 Å². The van der Waals surface area contributed by atoms with Crippen LogP contribution in [0, 0.1) is 5.82 Å². The van der Waals surface area contributed by atoms with E-state index in [0.29, 0.717) is 56.6 Å². The zero-order valence-electron chi connectivity index (χ0n) is 14.4. The molecule has 0 radical (unpaired) electrons. The van der Waals surface area contributed by atoms with Crippen molar-refractivity contribution in [2.24, 2.45) is 0 Å². The average Bonchev–Trinajstić information content (AvgIpc) is 3.09. The standard InChI is InChI=1S/C17H21FN4O3/c1-3-16-19-15(20-25-16)11-21-6-8-22(9-7-21)17(23)13-5-4-12(24-2)10-14(13)18/h4-5,10H,3,6-9,11H2,1-2H3. The number of hydrogen-bond acceptors (Lipinski definition) is 6. The number of hydrogen-bond donors (Lipinski definition) is 0. The van der Waals surface area contributed by atoms with Crippen LogP contribution in [0.1, 0.15) is 29.0 Å². The minimum atomic E-state index is -0.564. The molecule has 25 heavy (non-hydrogen) atoms. The van der Waals surface area contributed by atoms with Crippen molar-refractivity contribution in [2.75, 3.05) is 33.3 Å². The molecule has 2 aromatic rings. The molecule has 1 saturated heterocycles. The van der Waals surface area contributed by atoms with E-state index in [1.807, 2.05) is 6.92 Å². The third kappa shape index (κ3) is 3.96. The molecule has 7 nitrogen and oxygen atoms in total. The van der Waals surface area contributed by atoms with Crippen LogP contribution in [0.3, 0.4) is 0 Å². The lowest BCUT2D eigenvalue weighted by molar-refractivity contribution is 0.0620. The van der Waals surface area contributed by atoms with Crippen LogP contribution in [0.2, 0.25) is 0 Å². The second-order valence-corrected chi connectivity index (χ2v) is 5.87. The second kappa shape index (κ2) is 7.60. The number of aromatic nitrogens is 2. The van der Waals surface area contributed by atoms with Crippen molar-refractivity contribution in [2.45, 2.75) is 19.9 Å². The molecule has 1 aromatic heterocycles. The number of aryl methyl sites for hydroxylation is 1. The fraction of sp³-hybridized carbons (Fsp3) is 0.471. The van der Waals surface area contributed by atoms with E-state index in [-0.39, 0.29) is 11.5 Å². The van der Waals surface area contributed by atoms with Gasteiger partial charge in [-0.3, -0.25) is 9.69 Å². The molecule has 0 unspecified atom stereocenters. The van der Waals surface area contributed by atoms with E-state index in [1.165, 1.54) is 19.2 Å². The molecule has 1 aromatic carbocycles. The zero-order chi connectivity index (χ0) is 17.8. The summed E-state index contributed by atoms with van der Waals surface area (Å²) in [5, 5.41) is 3.94. The third-order valence-electron chi connectivity index (χ3n) is 4.24. The largest absolute Gasteiger partial charge is 0.497 e. The van der Waals surface area contributed by atoms with Crippen molar-refractivity contribution in [3.05, 3.63) is 41.3 Å². The van der Waals surface area contributed by atoms with Gasteiger partial charge in [-0.05, 0) is 12.1 Å². The summed E-state index contributed by atoms with van der Waals surface area (Å²) in [5.41, 5.74) is 0.0694. The molecule has 0 bridgehead atoms. The molecular weight excluding hydrogens is 327 g/mol. The lowest BCUT2D eigenvalue weighted by Gasteiger charge is -2.34. The van der Waals surface area contributed by atoms with Crippen molar-refractivity contribution in [1.82, 2.24) is 19.9 Å². The number of carbonyl (C=O) groups excluding carboxylic acids is 1. The summed E-state index contributed by atoms with van der Waals surface area (Å²) in [5.74, 6) is 0.806. The number of amides is 1. The number of carbonyl (C=O) groups is 1. The Hall–Kier alpha value is -2.48. The fourth-order valence-electron chi connectivity index (χ4n) is 2.77. The summed E-state index contributed by atoms with van der Waals surface area (Å²) in [4.78, 5) is 20.6. The van der Waals surface area contributed by atoms with Crippen LogP contribution < -0.4 is 4.74 Å². The summed E-state index contributed by atoms with van der Waals surface area (Å²) in [6, 6.07) is 4.29. The number of benzene rings is 1. The fourth-order valence-corrected chi connectivity index (χ4v) is 2.77. The van der Waals surface area contributed by atoms with Crippen molar-refractivity contribution < 1.29 is 18.4 Å². The lowest BCUT2D eigenvalue weighted by Crippen LogP contribution is -2.48. The lowest BCUT2D eigenvalue weighted by atomic mass is 10.1. The van der Waals surface area contributed by atoms with Crippen LogP contribution in [0.5, 0.6) is 5.75 Å². The van der Waals surface area contributed by atoms with Gasteiger partial charge in [0.25, 0.3) is 5.91 Å². The minimum Gasteiger partial charge on any atom is -0.497 e. The Morgan fingerprint density at radius 1 is 1.32 bits per heavy atom. The van der Waals surface area contributed by atoms with Gasteiger partial charge in [-0.25, -0.2) is 4.39 Å². The SMILES string of the molecule is CCc1nc(CN2CCN(C(=O)c3ccc(OC)cc3F)CC2)no1. The Kier molecular flexibility index (Phi) is 5.28. The van der Waals surface area contributed by atoms with Crippen LogP contribution in [-0.2, 0) is 13.0 Å². The van der Waals surface area contributed by atoms with Crippen LogP contribution in [-0.4, -0.2) is 59.1 Å². The maximum atomic E-state index is 14.1. The van der Waals surface area contributed by atoms with Gasteiger partial charge < -0.3 is 14.2 Å². The van der Waals surface area contributed by atoms with Gasteiger partial charge >= 0.3 is 0 Å². The Labute approximate surface area is 145 Å². The number of rotatable bonds is 5. The summed E-state index contributed by atoms with van der Waals surface area (Å²) in [6.07, 6.45) is 0.711. The van der Waals surface area contributed by atoms with Crippen LogP contribution in [0.25, 0.3) is 0 Å². The molecule has 8 heteroatoms. The van der Waals surface area contributed by atoms with E-state index in [9.17, 15) is 9.18 Å². The predicted molar refractivity (Wildman–Crippen MR) is 87.8 cm³/mol. The monoisotopic (exact) mass is 348 g/mol. The highest BCUT2D eigenvalue weighted by molar-refractivity contribution is 5.94. The van der Waals surface area contributed by atoms with Gasteiger partial charge in [0.1, 0.15) is 11.6 Å². The van der Waals surface area contributed by atoms with E-state index in [0.717, 1.165) is 0 Å². The normalized spacial score (nSPS) is 15.4. The third-order valence-corrected chi connectivity index (χ3v) is 4.24. The summed E-state index contributed by atoms with van der Waals surface area (Å²) < 4.78 is 24.1. The molecule has 0 aliphatic carbocycles. The first-order chi connectivity index (χ1) is 12.1.